The van der Waals surface area contributed by atoms with Crippen molar-refractivity contribution >= 4 is 34.1 Å². The summed E-state index contributed by atoms with van der Waals surface area (Å²) in [6.07, 6.45) is 6.02. The molecule has 0 saturated heterocycles. The van der Waals surface area contributed by atoms with Gasteiger partial charge in [-0.15, -0.1) is 0 Å². The molecule has 4 heteroatoms. The molecule has 0 atom stereocenters. The molecule has 0 aliphatic carbocycles. The summed E-state index contributed by atoms with van der Waals surface area (Å²) in [6, 6.07) is 0. The second-order valence-electron chi connectivity index (χ2n) is 2.79. The molecule has 1 nitrogen and oxygen atoms in total. The van der Waals surface area contributed by atoms with Crippen LogP contribution >= 0.6 is 28.3 Å². The molecular weight excluding hydrogens is 343 g/mol. The summed E-state index contributed by atoms with van der Waals surface area (Å²) in [4.78, 5) is 11.0. The zero-order chi connectivity index (χ0) is 10.5. The van der Waals surface area contributed by atoms with E-state index in [4.69, 9.17) is 0 Å². The Hall–Kier alpha value is 1.14. The van der Waals surface area contributed by atoms with Crippen LogP contribution in [0.1, 0.15) is 52.4 Å². The molecule has 0 heterocycles. The van der Waals surface area contributed by atoms with Crippen molar-refractivity contribution in [1.29, 1.82) is 0 Å². The molecule has 0 saturated carbocycles. The molecule has 0 unspecified atom stereocenters. The van der Waals surface area contributed by atoms with Gasteiger partial charge in [-0.1, -0.05) is 26.7 Å². The number of carbonyl (C=O) groups is 1. The van der Waals surface area contributed by atoms with E-state index in [1.54, 1.807) is 0 Å². The molecular formula is C9H18Br2CoO. The number of hydrogen-bond donors (Lipinski definition) is 0. The van der Waals surface area contributed by atoms with Gasteiger partial charge in [0.05, 0.1) is 0 Å². The van der Waals surface area contributed by atoms with Gasteiger partial charge in [-0.05, 0) is 12.8 Å². The van der Waals surface area contributed by atoms with E-state index in [1.807, 2.05) is 0 Å². The summed E-state index contributed by atoms with van der Waals surface area (Å²) >= 11 is 7.12. The van der Waals surface area contributed by atoms with Crippen molar-refractivity contribution in [1.82, 2.24) is 0 Å². The van der Waals surface area contributed by atoms with E-state index in [0.29, 0.717) is 5.78 Å². The Balaban J connectivity index is 0. The predicted octanol–water partition coefficient (Wildman–Crippen LogP) is 4.62. The molecule has 0 fully saturated rings. The van der Waals surface area contributed by atoms with Crippen molar-refractivity contribution in [2.24, 2.45) is 0 Å². The van der Waals surface area contributed by atoms with Gasteiger partial charge in [-0.3, -0.25) is 4.79 Å². The fourth-order valence-electron chi connectivity index (χ4n) is 0.873. The zero-order valence-corrected chi connectivity index (χ0v) is 12.5. The van der Waals surface area contributed by atoms with E-state index in [9.17, 15) is 4.79 Å². The standard InChI is InChI=1S/C9H18O.2BrH.Co/c1-3-5-7-9(10)8-6-4-2;;;/h3-8H2,1-2H3;2*1H;/q;;;+2/p-2. The molecule has 0 spiro atoms. The van der Waals surface area contributed by atoms with Crippen LogP contribution in [0.3, 0.4) is 0 Å². The molecule has 0 radical (unpaired) electrons. The van der Waals surface area contributed by atoms with Crippen LogP contribution in [0.25, 0.3) is 0 Å². The number of Topliss-reactive ketones (excluding diaryl/α,β-unsaturated/α-hetero) is 1. The number of hydrogen-bond acceptors (Lipinski definition) is 1. The van der Waals surface area contributed by atoms with Gasteiger partial charge in [-0.25, -0.2) is 0 Å². The summed E-state index contributed by atoms with van der Waals surface area (Å²) in [6.45, 7) is 4.24. The molecule has 0 aromatic carbocycles. The summed E-state index contributed by atoms with van der Waals surface area (Å²) in [5, 5.41) is 0. The van der Waals surface area contributed by atoms with Crippen LogP contribution in [-0.2, 0) is 15.9 Å². The maximum absolute atomic E-state index is 11.0. The third-order valence-corrected chi connectivity index (χ3v) is 1.62. The van der Waals surface area contributed by atoms with Crippen molar-refractivity contribution < 1.29 is 15.9 Å². The number of ketones is 1. The monoisotopic (exact) mass is 359 g/mol. The van der Waals surface area contributed by atoms with Gasteiger partial charge in [0.1, 0.15) is 5.78 Å². The Morgan fingerprint density at radius 2 is 1.38 bits per heavy atom. The first-order valence-electron chi connectivity index (χ1n) is 4.58. The molecule has 0 aliphatic heterocycles. The minimum absolute atomic E-state index is 0.448. The Bertz CT molecular complexity index is 99.8. The molecule has 0 aromatic rings. The summed E-state index contributed by atoms with van der Waals surface area (Å²) in [5.41, 5.74) is 0. The van der Waals surface area contributed by atoms with Crippen molar-refractivity contribution in [2.45, 2.75) is 52.4 Å². The predicted molar refractivity (Wildman–Crippen MR) is 61.9 cm³/mol. The van der Waals surface area contributed by atoms with E-state index < -0.39 is 0 Å². The third-order valence-electron chi connectivity index (χ3n) is 1.62. The Morgan fingerprint density at radius 1 is 1.08 bits per heavy atom. The topological polar surface area (TPSA) is 17.1 Å². The summed E-state index contributed by atoms with van der Waals surface area (Å²) in [5.74, 6) is 0.448. The number of carbonyl (C=O) groups excluding carboxylic acids is 1. The molecule has 0 amide bonds. The molecule has 0 rings (SSSR count). The van der Waals surface area contributed by atoms with E-state index in [2.05, 4.69) is 42.2 Å². The van der Waals surface area contributed by atoms with Crippen LogP contribution in [0.4, 0.5) is 0 Å². The van der Waals surface area contributed by atoms with Crippen LogP contribution in [0.5, 0.6) is 0 Å². The fourth-order valence-corrected chi connectivity index (χ4v) is 0.873. The average molecular weight is 361 g/mol. The van der Waals surface area contributed by atoms with E-state index >= 15 is 0 Å². The van der Waals surface area contributed by atoms with Crippen LogP contribution in [0.2, 0.25) is 0 Å². The van der Waals surface area contributed by atoms with Gasteiger partial charge in [0, 0.05) is 12.8 Å². The van der Waals surface area contributed by atoms with Crippen molar-refractivity contribution in [3.8, 4) is 0 Å². The van der Waals surface area contributed by atoms with Crippen LogP contribution < -0.4 is 0 Å². The van der Waals surface area contributed by atoms with Gasteiger partial charge in [0.2, 0.25) is 0 Å². The first kappa shape index (κ1) is 16.6. The van der Waals surface area contributed by atoms with Crippen LogP contribution in [-0.4, -0.2) is 5.78 Å². The van der Waals surface area contributed by atoms with Crippen molar-refractivity contribution in [2.75, 3.05) is 0 Å². The van der Waals surface area contributed by atoms with Crippen LogP contribution in [0.15, 0.2) is 0 Å². The zero-order valence-electron chi connectivity index (χ0n) is 8.24. The minimum atomic E-state index is 0.448. The quantitative estimate of drug-likeness (QED) is 0.675. The Labute approximate surface area is 102 Å². The summed E-state index contributed by atoms with van der Waals surface area (Å²) < 4.78 is 0. The normalized spacial score (nSPS) is 9.23. The van der Waals surface area contributed by atoms with Gasteiger partial charge < -0.3 is 0 Å². The molecule has 0 bridgehead atoms. The maximum atomic E-state index is 11.0. The van der Waals surface area contributed by atoms with Crippen LogP contribution in [0, 0.1) is 0 Å². The Kier molecular flexibility index (Phi) is 19.9. The van der Waals surface area contributed by atoms with E-state index in [0.717, 1.165) is 49.6 Å². The number of unbranched alkanes of at least 4 members (excludes halogenated alkanes) is 2. The number of rotatable bonds is 6. The fraction of sp³-hybridized carbons (Fsp3) is 0.889. The first-order chi connectivity index (χ1) is 6.22. The van der Waals surface area contributed by atoms with Gasteiger partial charge in [0.15, 0.2) is 0 Å². The number of halogens is 2. The molecule has 0 aliphatic rings. The second-order valence-corrected chi connectivity index (χ2v) is 8.05. The average Bonchev–Trinajstić information content (AvgIpc) is 2.12. The van der Waals surface area contributed by atoms with E-state index in [1.165, 1.54) is 0 Å². The first-order valence-corrected chi connectivity index (χ1v) is 9.72. The molecule has 0 aromatic heterocycles. The molecule has 13 heavy (non-hydrogen) atoms. The van der Waals surface area contributed by atoms with E-state index in [-0.39, 0.29) is 0 Å². The molecule has 83 valence electrons. The van der Waals surface area contributed by atoms with Crippen molar-refractivity contribution in [3.63, 3.8) is 0 Å². The van der Waals surface area contributed by atoms with Gasteiger partial charge in [0.25, 0.3) is 0 Å². The molecule has 0 N–H and O–H groups in total. The SMILES string of the molecule is CCCCC(=O)CCCC.[Br][Co][Br]. The third kappa shape index (κ3) is 19.5. The van der Waals surface area contributed by atoms with Gasteiger partial charge >= 0.3 is 39.5 Å². The Morgan fingerprint density at radius 3 is 1.62 bits per heavy atom. The van der Waals surface area contributed by atoms with Crippen molar-refractivity contribution in [3.05, 3.63) is 0 Å². The van der Waals surface area contributed by atoms with Gasteiger partial charge in [-0.2, -0.15) is 0 Å². The second kappa shape index (κ2) is 15.6. The summed E-state index contributed by atoms with van der Waals surface area (Å²) in [7, 11) is 0.